The van der Waals surface area contributed by atoms with Gasteiger partial charge < -0.3 is 10.1 Å². The highest BCUT2D eigenvalue weighted by atomic mass is 32.2. The SMILES string of the molecule is CC1(C)CCC(S(=O)(=O)c2ccc3c(c2)/C(=N\O)c2cc(S(=O)(=O)N4CCN(c5ccc(F)c(F)c5F)CC4)ccc2-3)CC1. The van der Waals surface area contributed by atoms with Crippen LogP contribution in [0, 0.1) is 22.9 Å². The van der Waals surface area contributed by atoms with E-state index in [0.717, 1.165) is 25.0 Å². The summed E-state index contributed by atoms with van der Waals surface area (Å²) in [5, 5.41) is 12.9. The molecule has 0 unspecified atom stereocenters. The summed E-state index contributed by atoms with van der Waals surface area (Å²) in [5.41, 5.74) is 2.02. The van der Waals surface area contributed by atoms with E-state index in [9.17, 15) is 35.2 Å². The normalized spacial score (nSPS) is 20.1. The van der Waals surface area contributed by atoms with Crippen LogP contribution in [-0.4, -0.2) is 63.5 Å². The molecule has 2 aliphatic carbocycles. The predicted molar refractivity (Wildman–Crippen MR) is 160 cm³/mol. The summed E-state index contributed by atoms with van der Waals surface area (Å²) in [7, 11) is -7.68. The smallest absolute Gasteiger partial charge is 0.243 e. The van der Waals surface area contributed by atoms with E-state index in [1.54, 1.807) is 18.2 Å². The van der Waals surface area contributed by atoms with Gasteiger partial charge in [0.1, 0.15) is 5.71 Å². The minimum Gasteiger partial charge on any atom is -0.410 e. The summed E-state index contributed by atoms with van der Waals surface area (Å²) in [4.78, 5) is 1.54. The average Bonchev–Trinajstić information content (AvgIpc) is 3.32. The first-order valence-corrected chi connectivity index (χ1v) is 17.4. The van der Waals surface area contributed by atoms with Crippen LogP contribution in [0.4, 0.5) is 18.9 Å². The van der Waals surface area contributed by atoms with Gasteiger partial charge in [0, 0.05) is 37.3 Å². The highest BCUT2D eigenvalue weighted by Crippen LogP contribution is 2.42. The number of benzene rings is 3. The molecule has 8 nitrogen and oxygen atoms in total. The Bertz CT molecular complexity index is 1890. The molecule has 1 heterocycles. The first-order valence-electron chi connectivity index (χ1n) is 14.4. The zero-order chi connectivity index (χ0) is 31.6. The predicted octanol–water partition coefficient (Wildman–Crippen LogP) is 5.56. The first kappa shape index (κ1) is 30.6. The van der Waals surface area contributed by atoms with Gasteiger partial charge in [-0.25, -0.2) is 30.0 Å². The summed E-state index contributed by atoms with van der Waals surface area (Å²) < 4.78 is 97.0. The minimum atomic E-state index is -4.04. The van der Waals surface area contributed by atoms with Gasteiger partial charge in [-0.1, -0.05) is 31.1 Å². The second-order valence-corrected chi connectivity index (χ2v) is 16.5. The van der Waals surface area contributed by atoms with Crippen molar-refractivity contribution in [3.8, 4) is 11.1 Å². The largest absolute Gasteiger partial charge is 0.410 e. The Kier molecular flexibility index (Phi) is 7.57. The van der Waals surface area contributed by atoms with Gasteiger partial charge >= 0.3 is 0 Å². The number of halogens is 3. The van der Waals surface area contributed by atoms with Gasteiger partial charge in [0.25, 0.3) is 0 Å². The fourth-order valence-corrected chi connectivity index (χ4v) is 9.68. The Labute approximate surface area is 254 Å². The molecule has 0 spiro atoms. The minimum absolute atomic E-state index is 0.0292. The van der Waals surface area contributed by atoms with Crippen molar-refractivity contribution in [3.05, 3.63) is 77.1 Å². The molecule has 44 heavy (non-hydrogen) atoms. The van der Waals surface area contributed by atoms with Crippen LogP contribution in [0.15, 0.2) is 63.5 Å². The highest BCUT2D eigenvalue weighted by Gasteiger charge is 2.37. The first-order chi connectivity index (χ1) is 20.7. The summed E-state index contributed by atoms with van der Waals surface area (Å²) >= 11 is 0. The van der Waals surface area contributed by atoms with Gasteiger partial charge in [-0.15, -0.1) is 0 Å². The number of hydrogen-bond donors (Lipinski definition) is 1. The van der Waals surface area contributed by atoms with Gasteiger partial charge in [0.15, 0.2) is 27.3 Å². The zero-order valence-electron chi connectivity index (χ0n) is 24.2. The number of hydrogen-bond acceptors (Lipinski definition) is 7. The Morgan fingerprint density at radius 1 is 0.773 bits per heavy atom. The van der Waals surface area contributed by atoms with E-state index in [2.05, 4.69) is 19.0 Å². The maximum absolute atomic E-state index is 14.3. The Balaban J connectivity index is 1.24. The van der Waals surface area contributed by atoms with Crippen LogP contribution in [0.2, 0.25) is 0 Å². The standard InChI is InChI=1S/C31H32F3N3O5S2/c1-31(2)11-9-19(10-12-31)43(39,40)20-3-5-22-23-6-4-21(18-25(23)30(35-38)24(22)17-20)44(41,42)37-15-13-36(14-16-37)27-8-7-26(32)28(33)29(27)34/h3-8,17-19,38H,9-16H2,1-2H3/b35-30+. The molecule has 3 aliphatic rings. The summed E-state index contributed by atoms with van der Waals surface area (Å²) in [6, 6.07) is 11.1. The van der Waals surface area contributed by atoms with Crippen LogP contribution in [0.25, 0.3) is 11.1 Å². The summed E-state index contributed by atoms with van der Waals surface area (Å²) in [6.07, 6.45) is 2.76. The van der Waals surface area contributed by atoms with Crippen LogP contribution in [0.1, 0.15) is 50.7 Å². The van der Waals surface area contributed by atoms with Crippen LogP contribution < -0.4 is 4.90 Å². The molecule has 0 radical (unpaired) electrons. The Morgan fingerprint density at radius 3 is 1.93 bits per heavy atom. The third-order valence-corrected chi connectivity index (χ3v) is 13.3. The number of rotatable bonds is 5. The fourth-order valence-electron chi connectivity index (χ4n) is 6.45. The molecule has 234 valence electrons. The quantitative estimate of drug-likeness (QED) is 0.173. The number of nitrogens with zero attached hydrogens (tertiary/aromatic N) is 3. The molecule has 1 saturated heterocycles. The van der Waals surface area contributed by atoms with Crippen molar-refractivity contribution in [2.45, 2.75) is 54.6 Å². The third-order valence-electron chi connectivity index (χ3n) is 9.17. The van der Waals surface area contributed by atoms with E-state index >= 15 is 0 Å². The van der Waals surface area contributed by atoms with Crippen molar-refractivity contribution in [1.29, 1.82) is 0 Å². The number of anilines is 1. The Hall–Kier alpha value is -3.42. The van der Waals surface area contributed by atoms with E-state index in [0.29, 0.717) is 35.1 Å². The van der Waals surface area contributed by atoms with Gasteiger partial charge in [0.2, 0.25) is 10.0 Å². The molecule has 0 aromatic heterocycles. The number of piperazine rings is 1. The maximum atomic E-state index is 14.3. The third kappa shape index (κ3) is 5.08. The number of oxime groups is 1. The van der Waals surface area contributed by atoms with E-state index in [-0.39, 0.29) is 52.8 Å². The highest BCUT2D eigenvalue weighted by molar-refractivity contribution is 7.92. The molecule has 1 saturated carbocycles. The molecular weight excluding hydrogens is 615 g/mol. The molecule has 0 amide bonds. The lowest BCUT2D eigenvalue weighted by atomic mass is 9.77. The molecule has 13 heteroatoms. The molecule has 6 rings (SSSR count). The second-order valence-electron chi connectivity index (χ2n) is 12.4. The zero-order valence-corrected chi connectivity index (χ0v) is 25.9. The van der Waals surface area contributed by atoms with E-state index < -0.39 is 42.6 Å². The van der Waals surface area contributed by atoms with Gasteiger partial charge in [-0.2, -0.15) is 4.31 Å². The van der Waals surface area contributed by atoms with Crippen LogP contribution >= 0.6 is 0 Å². The molecular formula is C31H32F3N3O5S2. The van der Waals surface area contributed by atoms with Gasteiger partial charge in [-0.05, 0) is 78.6 Å². The second kappa shape index (κ2) is 10.9. The molecule has 0 atom stereocenters. The van der Waals surface area contributed by atoms with Gasteiger partial charge in [-0.3, -0.25) is 0 Å². The van der Waals surface area contributed by atoms with E-state index in [1.807, 2.05) is 0 Å². The van der Waals surface area contributed by atoms with Crippen molar-refractivity contribution in [2.75, 3.05) is 31.1 Å². The van der Waals surface area contributed by atoms with E-state index in [4.69, 9.17) is 0 Å². The van der Waals surface area contributed by atoms with Crippen LogP contribution in [0.3, 0.4) is 0 Å². The lowest BCUT2D eigenvalue weighted by molar-refractivity contribution is 0.246. The topological polar surface area (TPSA) is 107 Å². The fraction of sp³-hybridized carbons (Fsp3) is 0.387. The van der Waals surface area contributed by atoms with Crippen molar-refractivity contribution in [1.82, 2.24) is 4.31 Å². The van der Waals surface area contributed by atoms with Crippen molar-refractivity contribution < 1.29 is 35.2 Å². The van der Waals surface area contributed by atoms with Crippen LogP contribution in [-0.2, 0) is 19.9 Å². The summed E-state index contributed by atoms with van der Waals surface area (Å²) in [5.74, 6) is -4.21. The summed E-state index contributed by atoms with van der Waals surface area (Å²) in [6.45, 7) is 4.32. The van der Waals surface area contributed by atoms with Crippen LogP contribution in [0.5, 0.6) is 0 Å². The molecule has 0 bridgehead atoms. The number of sulfonamides is 1. The van der Waals surface area contributed by atoms with Crippen molar-refractivity contribution in [2.24, 2.45) is 10.6 Å². The Morgan fingerprint density at radius 2 is 1.34 bits per heavy atom. The molecule has 1 N–H and O–H groups in total. The maximum Gasteiger partial charge on any atom is 0.243 e. The molecule has 3 aromatic carbocycles. The molecule has 3 aromatic rings. The monoisotopic (exact) mass is 647 g/mol. The van der Waals surface area contributed by atoms with Crippen molar-refractivity contribution in [3.63, 3.8) is 0 Å². The van der Waals surface area contributed by atoms with Gasteiger partial charge in [0.05, 0.1) is 20.7 Å². The lowest BCUT2D eigenvalue weighted by Gasteiger charge is -2.35. The molecule has 1 aliphatic heterocycles. The molecule has 2 fully saturated rings. The number of sulfone groups is 1. The number of fused-ring (bicyclic) bond motifs is 3. The average molecular weight is 648 g/mol. The van der Waals surface area contributed by atoms with Crippen molar-refractivity contribution >= 4 is 31.3 Å². The lowest BCUT2D eigenvalue weighted by Crippen LogP contribution is -2.49. The van der Waals surface area contributed by atoms with E-state index in [1.165, 1.54) is 27.4 Å².